The van der Waals surface area contributed by atoms with Gasteiger partial charge in [0, 0.05) is 43.8 Å². The first kappa shape index (κ1) is 23.3. The summed E-state index contributed by atoms with van der Waals surface area (Å²) >= 11 is 2.09. The third-order valence-electron chi connectivity index (χ3n) is 4.07. The maximum absolute atomic E-state index is 9.26. The molecule has 6 heteroatoms. The molecule has 2 N–H and O–H groups in total. The molecular weight excluding hydrogens is 421 g/mol. The molecule has 4 nitrogen and oxygen atoms in total. The van der Waals surface area contributed by atoms with Gasteiger partial charge in [-0.1, -0.05) is 20.8 Å². The monoisotopic (exact) mass is 457 g/mol. The van der Waals surface area contributed by atoms with Crippen LogP contribution < -0.4 is 5.32 Å². The highest BCUT2D eigenvalue weighted by Crippen LogP contribution is 2.21. The number of nitrogens with one attached hydrogen (secondary N) is 1. The lowest BCUT2D eigenvalue weighted by molar-refractivity contribution is 0.245. The van der Waals surface area contributed by atoms with E-state index in [0.29, 0.717) is 11.8 Å². The first-order chi connectivity index (χ1) is 10.6. The Bertz CT molecular complexity index is 329. The Morgan fingerprint density at radius 2 is 2.13 bits per heavy atom. The van der Waals surface area contributed by atoms with E-state index in [-0.39, 0.29) is 30.6 Å². The Kier molecular flexibility index (Phi) is 13.8. The van der Waals surface area contributed by atoms with Gasteiger partial charge in [-0.25, -0.2) is 0 Å². The molecule has 23 heavy (non-hydrogen) atoms. The van der Waals surface area contributed by atoms with Crippen molar-refractivity contribution in [2.75, 3.05) is 38.5 Å². The summed E-state index contributed by atoms with van der Waals surface area (Å²) in [5, 5.41) is 13.4. The Morgan fingerprint density at radius 1 is 1.39 bits per heavy atom. The lowest BCUT2D eigenvalue weighted by atomic mass is 9.94. The number of hydrogen-bond acceptors (Lipinski definition) is 3. The Morgan fingerprint density at radius 3 is 2.70 bits per heavy atom. The molecule has 2 unspecified atom stereocenters. The topological polar surface area (TPSA) is 47.9 Å². The van der Waals surface area contributed by atoms with Crippen LogP contribution in [0.1, 0.15) is 47.0 Å². The molecule has 0 aromatic carbocycles. The summed E-state index contributed by atoms with van der Waals surface area (Å²) in [5.41, 5.74) is 0. The van der Waals surface area contributed by atoms with Crippen molar-refractivity contribution in [3.63, 3.8) is 0 Å². The normalized spacial score (nSPS) is 20.3. The van der Waals surface area contributed by atoms with Crippen molar-refractivity contribution in [1.29, 1.82) is 0 Å². The summed E-state index contributed by atoms with van der Waals surface area (Å²) in [6.07, 6.45) is 3.21. The minimum absolute atomic E-state index is 0. The van der Waals surface area contributed by atoms with Gasteiger partial charge in [0.25, 0.3) is 0 Å². The highest BCUT2D eigenvalue weighted by Gasteiger charge is 2.21. The molecule has 1 aliphatic heterocycles. The third-order valence-corrected chi connectivity index (χ3v) is 5.44. The zero-order valence-corrected chi connectivity index (χ0v) is 18.4. The molecule has 0 radical (unpaired) electrons. The molecule has 0 aromatic rings. The molecule has 1 saturated heterocycles. The van der Waals surface area contributed by atoms with Gasteiger partial charge in [-0.15, -0.1) is 24.0 Å². The number of rotatable bonds is 8. The fraction of sp³-hybridized carbons (Fsp3) is 0.941. The summed E-state index contributed by atoms with van der Waals surface area (Å²) in [4.78, 5) is 7.31. The van der Waals surface area contributed by atoms with Crippen molar-refractivity contribution in [2.24, 2.45) is 16.8 Å². The van der Waals surface area contributed by atoms with Gasteiger partial charge in [0.2, 0.25) is 0 Å². The van der Waals surface area contributed by atoms with Gasteiger partial charge in [0.05, 0.1) is 0 Å². The summed E-state index contributed by atoms with van der Waals surface area (Å²) in [6.45, 7) is 13.1. The van der Waals surface area contributed by atoms with E-state index in [4.69, 9.17) is 4.99 Å². The molecule has 1 fully saturated rings. The molecule has 0 saturated carbocycles. The van der Waals surface area contributed by atoms with E-state index < -0.39 is 0 Å². The maximum atomic E-state index is 9.26. The second-order valence-corrected chi connectivity index (χ2v) is 7.96. The summed E-state index contributed by atoms with van der Waals surface area (Å²) in [5.74, 6) is 3.40. The van der Waals surface area contributed by atoms with E-state index in [1.54, 1.807) is 0 Å². The average Bonchev–Trinajstić information content (AvgIpc) is 2.51. The molecule has 0 spiro atoms. The third kappa shape index (κ3) is 9.39. The highest BCUT2D eigenvalue weighted by atomic mass is 127. The summed E-state index contributed by atoms with van der Waals surface area (Å²) in [7, 11) is 0. The van der Waals surface area contributed by atoms with E-state index in [1.807, 2.05) is 0 Å². The first-order valence-corrected chi connectivity index (χ1v) is 9.91. The Hall–Kier alpha value is 0.310. The van der Waals surface area contributed by atoms with E-state index >= 15 is 0 Å². The van der Waals surface area contributed by atoms with Crippen LogP contribution >= 0.6 is 35.7 Å². The Balaban J connectivity index is 0.00000484. The minimum Gasteiger partial charge on any atom is -0.396 e. The lowest BCUT2D eigenvalue weighted by Crippen LogP contribution is -2.48. The van der Waals surface area contributed by atoms with Crippen molar-refractivity contribution in [1.82, 2.24) is 10.2 Å². The molecule has 2 atom stereocenters. The van der Waals surface area contributed by atoms with Crippen LogP contribution in [0.2, 0.25) is 0 Å². The molecule has 1 rings (SSSR count). The summed E-state index contributed by atoms with van der Waals surface area (Å²) in [6, 6.07) is 0. The van der Waals surface area contributed by atoms with Gasteiger partial charge >= 0.3 is 0 Å². The van der Waals surface area contributed by atoms with Crippen LogP contribution in [0.25, 0.3) is 0 Å². The molecular formula is C17H36IN3OS. The van der Waals surface area contributed by atoms with Crippen LogP contribution in [-0.2, 0) is 0 Å². The average molecular weight is 457 g/mol. The molecule has 0 aromatic heterocycles. The number of halogens is 1. The van der Waals surface area contributed by atoms with Crippen LogP contribution in [0, 0.1) is 11.8 Å². The number of aliphatic imine (C=N–C) groups is 1. The van der Waals surface area contributed by atoms with Gasteiger partial charge < -0.3 is 15.3 Å². The minimum atomic E-state index is 0. The smallest absolute Gasteiger partial charge is 0.193 e. The van der Waals surface area contributed by atoms with Crippen LogP contribution in [0.3, 0.4) is 0 Å². The number of guanidine groups is 1. The maximum Gasteiger partial charge on any atom is 0.193 e. The predicted octanol–water partition coefficient (Wildman–Crippen LogP) is 3.44. The largest absolute Gasteiger partial charge is 0.396 e. The van der Waals surface area contributed by atoms with Crippen LogP contribution in [0.15, 0.2) is 4.99 Å². The highest BCUT2D eigenvalue weighted by molar-refractivity contribution is 14.0. The zero-order valence-electron chi connectivity index (χ0n) is 15.3. The fourth-order valence-electron chi connectivity index (χ4n) is 2.93. The quantitative estimate of drug-likeness (QED) is 0.333. The fourth-order valence-corrected chi connectivity index (χ4v) is 4.11. The van der Waals surface area contributed by atoms with Crippen molar-refractivity contribution >= 4 is 41.7 Å². The van der Waals surface area contributed by atoms with E-state index in [2.05, 4.69) is 49.7 Å². The predicted molar refractivity (Wildman–Crippen MR) is 114 cm³/mol. The van der Waals surface area contributed by atoms with Gasteiger partial charge in [0.15, 0.2) is 5.96 Å². The van der Waals surface area contributed by atoms with E-state index in [9.17, 15) is 5.11 Å². The molecule has 0 bridgehead atoms. The van der Waals surface area contributed by atoms with Crippen molar-refractivity contribution in [3.8, 4) is 0 Å². The number of hydrogen-bond donors (Lipinski definition) is 2. The van der Waals surface area contributed by atoms with Crippen molar-refractivity contribution in [3.05, 3.63) is 0 Å². The number of aliphatic hydroxyl groups excluding tert-OH is 1. The summed E-state index contributed by atoms with van der Waals surface area (Å²) < 4.78 is 0. The van der Waals surface area contributed by atoms with Crippen LogP contribution in [0.4, 0.5) is 0 Å². The van der Waals surface area contributed by atoms with Crippen molar-refractivity contribution < 1.29 is 5.11 Å². The van der Waals surface area contributed by atoms with Crippen molar-refractivity contribution in [2.45, 2.75) is 52.2 Å². The molecule has 1 heterocycles. The number of aliphatic hydroxyl groups is 1. The zero-order chi connectivity index (χ0) is 16.4. The van der Waals surface area contributed by atoms with Gasteiger partial charge in [-0.05, 0) is 38.0 Å². The second kappa shape index (κ2) is 13.6. The molecule has 1 aliphatic rings. The Labute approximate surface area is 164 Å². The van der Waals surface area contributed by atoms with Gasteiger partial charge in [0.1, 0.15) is 0 Å². The molecule has 138 valence electrons. The lowest BCUT2D eigenvalue weighted by Gasteiger charge is -2.34. The molecule has 0 aliphatic carbocycles. The molecule has 0 amide bonds. The number of thioether (sulfide) groups is 1. The van der Waals surface area contributed by atoms with Crippen LogP contribution in [-0.4, -0.2) is 59.8 Å². The van der Waals surface area contributed by atoms with E-state index in [0.717, 1.165) is 50.2 Å². The van der Waals surface area contributed by atoms with E-state index in [1.165, 1.54) is 12.2 Å². The van der Waals surface area contributed by atoms with Crippen LogP contribution in [0.5, 0.6) is 0 Å². The first-order valence-electron chi connectivity index (χ1n) is 8.86. The van der Waals surface area contributed by atoms with Gasteiger partial charge in [-0.3, -0.25) is 4.99 Å². The van der Waals surface area contributed by atoms with Gasteiger partial charge in [-0.2, -0.15) is 11.8 Å². The standard InChI is InChI=1S/C17H35N3OS.HI/c1-5-16-13-20(8-10-22-16)17(18-6-2)19-12-15(7-9-21)11-14(3)4;/h14-16,21H,5-13H2,1-4H3,(H,18,19);1H. The number of nitrogens with zero attached hydrogens (tertiary/aromatic N) is 2. The SMILES string of the molecule is CCNC(=NCC(CCO)CC(C)C)N1CCSC(CC)C1.I. The second-order valence-electron chi connectivity index (χ2n) is 6.55.